The highest BCUT2D eigenvalue weighted by molar-refractivity contribution is 5.88. The second-order valence-corrected chi connectivity index (χ2v) is 4.31. The highest BCUT2D eigenvalue weighted by atomic mass is 19.1. The third kappa shape index (κ3) is 3.68. The van der Waals surface area contributed by atoms with E-state index in [1.165, 1.54) is 19.4 Å². The number of methoxy groups -OCH3 is 1. The quantitative estimate of drug-likeness (QED) is 0.651. The van der Waals surface area contributed by atoms with Crippen LogP contribution >= 0.6 is 0 Å². The van der Waals surface area contributed by atoms with Gasteiger partial charge >= 0.3 is 5.97 Å². The van der Waals surface area contributed by atoms with Crippen molar-refractivity contribution >= 4 is 5.97 Å². The summed E-state index contributed by atoms with van der Waals surface area (Å²) in [6, 6.07) is 8.32. The molecule has 0 aliphatic heterocycles. The fourth-order valence-corrected chi connectivity index (χ4v) is 1.83. The van der Waals surface area contributed by atoms with Crippen molar-refractivity contribution in [3.05, 3.63) is 59.3 Å². The van der Waals surface area contributed by atoms with Crippen molar-refractivity contribution in [2.24, 2.45) is 0 Å². The summed E-state index contributed by atoms with van der Waals surface area (Å²) < 4.78 is 23.2. The summed E-state index contributed by atoms with van der Waals surface area (Å²) in [5, 5.41) is 3.14. The van der Waals surface area contributed by atoms with Crippen LogP contribution in [0.4, 0.5) is 4.39 Å². The molecule has 0 bridgehead atoms. The minimum Gasteiger partial charge on any atom is -0.467 e. The van der Waals surface area contributed by atoms with E-state index in [0.717, 1.165) is 0 Å². The Balaban J connectivity index is 1.77. The molecular weight excluding hydrogens is 261 g/mol. The van der Waals surface area contributed by atoms with Crippen LogP contribution in [0, 0.1) is 5.82 Å². The van der Waals surface area contributed by atoms with Gasteiger partial charge in [-0.3, -0.25) is 0 Å². The smallest absolute Gasteiger partial charge is 0.341 e. The fraction of sp³-hybridized carbons (Fsp3) is 0.267. The molecule has 0 unspecified atom stereocenters. The number of carbonyl (C=O) groups excluding carboxylic acids is 1. The lowest BCUT2D eigenvalue weighted by atomic mass is 10.1. The molecule has 20 heavy (non-hydrogen) atoms. The Morgan fingerprint density at radius 1 is 1.40 bits per heavy atom. The lowest BCUT2D eigenvalue weighted by Gasteiger charge is -2.04. The number of carbonyl (C=O) groups is 1. The van der Waals surface area contributed by atoms with Gasteiger partial charge in [0.2, 0.25) is 0 Å². The molecule has 1 aromatic heterocycles. The van der Waals surface area contributed by atoms with Crippen LogP contribution in [0.5, 0.6) is 0 Å². The highest BCUT2D eigenvalue weighted by Crippen LogP contribution is 2.09. The van der Waals surface area contributed by atoms with Gasteiger partial charge in [0.1, 0.15) is 17.8 Å². The van der Waals surface area contributed by atoms with Crippen LogP contribution in [0.25, 0.3) is 0 Å². The standard InChI is InChI=1S/C15H16FNO3/c1-19-15(18)12-8-13(20-10-12)9-17-7-6-11-4-2-3-5-14(11)16/h2-5,8,10,17H,6-7,9H2,1H3. The maximum atomic E-state index is 13.4. The van der Waals surface area contributed by atoms with E-state index < -0.39 is 5.97 Å². The topological polar surface area (TPSA) is 51.5 Å². The summed E-state index contributed by atoms with van der Waals surface area (Å²) in [6.07, 6.45) is 1.96. The van der Waals surface area contributed by atoms with Crippen LogP contribution < -0.4 is 5.32 Å². The average molecular weight is 277 g/mol. The number of hydrogen-bond acceptors (Lipinski definition) is 4. The third-order valence-corrected chi connectivity index (χ3v) is 2.90. The van der Waals surface area contributed by atoms with Gasteiger partial charge in [-0.2, -0.15) is 0 Å². The summed E-state index contributed by atoms with van der Waals surface area (Å²) in [6.45, 7) is 1.10. The number of hydrogen-bond donors (Lipinski definition) is 1. The number of ether oxygens (including phenoxy) is 1. The first-order chi connectivity index (χ1) is 9.70. The van der Waals surface area contributed by atoms with E-state index in [9.17, 15) is 9.18 Å². The fourth-order valence-electron chi connectivity index (χ4n) is 1.83. The molecule has 4 nitrogen and oxygen atoms in total. The van der Waals surface area contributed by atoms with E-state index in [0.29, 0.717) is 36.4 Å². The van der Waals surface area contributed by atoms with Crippen molar-refractivity contribution in [2.75, 3.05) is 13.7 Å². The predicted octanol–water partition coefficient (Wildman–Crippen LogP) is 2.54. The maximum absolute atomic E-state index is 13.4. The van der Waals surface area contributed by atoms with Gasteiger partial charge in [0.05, 0.1) is 19.2 Å². The molecule has 1 heterocycles. The predicted molar refractivity (Wildman–Crippen MR) is 71.9 cm³/mol. The third-order valence-electron chi connectivity index (χ3n) is 2.90. The van der Waals surface area contributed by atoms with Crippen LogP contribution in [0.1, 0.15) is 21.7 Å². The minimum atomic E-state index is -0.425. The summed E-state index contributed by atoms with van der Waals surface area (Å²) in [4.78, 5) is 11.2. The van der Waals surface area contributed by atoms with Crippen molar-refractivity contribution in [3.63, 3.8) is 0 Å². The van der Waals surface area contributed by atoms with E-state index in [-0.39, 0.29) is 5.82 Å². The summed E-state index contributed by atoms with van der Waals surface area (Å²) in [7, 11) is 1.32. The highest BCUT2D eigenvalue weighted by Gasteiger charge is 2.09. The Bertz CT molecular complexity index is 580. The molecule has 0 fully saturated rings. The van der Waals surface area contributed by atoms with Gasteiger partial charge in [-0.1, -0.05) is 18.2 Å². The van der Waals surface area contributed by atoms with Crippen LogP contribution in [0.3, 0.4) is 0 Å². The van der Waals surface area contributed by atoms with E-state index in [1.54, 1.807) is 18.2 Å². The Morgan fingerprint density at radius 3 is 2.95 bits per heavy atom. The van der Waals surface area contributed by atoms with Crippen LogP contribution in [0.15, 0.2) is 41.0 Å². The van der Waals surface area contributed by atoms with Crippen molar-refractivity contribution in [1.82, 2.24) is 5.32 Å². The first kappa shape index (κ1) is 14.3. The number of esters is 1. The zero-order valence-electron chi connectivity index (χ0n) is 11.2. The molecule has 1 aromatic carbocycles. The van der Waals surface area contributed by atoms with Gasteiger partial charge in [-0.05, 0) is 30.7 Å². The Morgan fingerprint density at radius 2 is 2.20 bits per heavy atom. The molecule has 1 N–H and O–H groups in total. The van der Waals surface area contributed by atoms with Crippen molar-refractivity contribution in [3.8, 4) is 0 Å². The van der Waals surface area contributed by atoms with E-state index >= 15 is 0 Å². The lowest BCUT2D eigenvalue weighted by Crippen LogP contribution is -2.16. The molecule has 106 valence electrons. The molecule has 2 aromatic rings. The first-order valence-electron chi connectivity index (χ1n) is 6.30. The lowest BCUT2D eigenvalue weighted by molar-refractivity contribution is 0.0600. The van der Waals surface area contributed by atoms with Crippen LogP contribution in [-0.2, 0) is 17.7 Å². The molecule has 0 aliphatic rings. The van der Waals surface area contributed by atoms with E-state index in [4.69, 9.17) is 4.42 Å². The summed E-state index contributed by atoms with van der Waals surface area (Å²) in [5.74, 6) is 0.0190. The van der Waals surface area contributed by atoms with Gasteiger partial charge in [-0.25, -0.2) is 9.18 Å². The zero-order chi connectivity index (χ0) is 14.4. The molecule has 0 saturated carbocycles. The van der Waals surface area contributed by atoms with Crippen LogP contribution in [0.2, 0.25) is 0 Å². The molecule has 5 heteroatoms. The SMILES string of the molecule is COC(=O)c1coc(CNCCc2ccccc2F)c1. The molecule has 0 atom stereocenters. The first-order valence-corrected chi connectivity index (χ1v) is 6.30. The van der Waals surface area contributed by atoms with Gasteiger partial charge in [0, 0.05) is 0 Å². The molecule has 2 rings (SSSR count). The minimum absolute atomic E-state index is 0.194. The summed E-state index contributed by atoms with van der Waals surface area (Å²) in [5.41, 5.74) is 1.06. The van der Waals surface area contributed by atoms with E-state index in [1.807, 2.05) is 6.07 Å². The number of halogens is 1. The second-order valence-electron chi connectivity index (χ2n) is 4.31. The average Bonchev–Trinajstić information content (AvgIpc) is 2.93. The van der Waals surface area contributed by atoms with Crippen molar-refractivity contribution in [2.45, 2.75) is 13.0 Å². The maximum Gasteiger partial charge on any atom is 0.341 e. The van der Waals surface area contributed by atoms with E-state index in [2.05, 4.69) is 10.1 Å². The Kier molecular flexibility index (Phi) is 4.90. The van der Waals surface area contributed by atoms with Gasteiger partial charge in [0.25, 0.3) is 0 Å². The van der Waals surface area contributed by atoms with Gasteiger partial charge in [-0.15, -0.1) is 0 Å². The van der Waals surface area contributed by atoms with Gasteiger partial charge < -0.3 is 14.5 Å². The van der Waals surface area contributed by atoms with Gasteiger partial charge in [0.15, 0.2) is 0 Å². The molecule has 0 saturated heterocycles. The number of benzene rings is 1. The Hall–Kier alpha value is -2.14. The van der Waals surface area contributed by atoms with Crippen molar-refractivity contribution < 1.29 is 18.3 Å². The molecule has 0 radical (unpaired) electrons. The zero-order valence-corrected chi connectivity index (χ0v) is 11.2. The summed E-state index contributed by atoms with van der Waals surface area (Å²) >= 11 is 0. The second kappa shape index (κ2) is 6.86. The molecule has 0 amide bonds. The Labute approximate surface area is 116 Å². The molecule has 0 aliphatic carbocycles. The molecule has 0 spiro atoms. The normalized spacial score (nSPS) is 10.5. The number of rotatable bonds is 6. The monoisotopic (exact) mass is 277 g/mol. The number of furan rings is 1. The van der Waals surface area contributed by atoms with Crippen LogP contribution in [-0.4, -0.2) is 19.6 Å². The van der Waals surface area contributed by atoms with Crippen molar-refractivity contribution in [1.29, 1.82) is 0 Å². The molecular formula is C15H16FNO3. The number of nitrogens with one attached hydrogen (secondary N) is 1. The largest absolute Gasteiger partial charge is 0.467 e.